The average molecular weight is 298 g/mol. The van der Waals surface area contributed by atoms with Gasteiger partial charge in [-0.25, -0.2) is 8.57 Å². The molecule has 0 aliphatic heterocycles. The molecule has 0 fully saturated rings. The van der Waals surface area contributed by atoms with E-state index in [-0.39, 0.29) is 6.04 Å². The van der Waals surface area contributed by atoms with Gasteiger partial charge >= 0.3 is 0 Å². The summed E-state index contributed by atoms with van der Waals surface area (Å²) in [5, 5.41) is 0. The summed E-state index contributed by atoms with van der Waals surface area (Å²) in [6.45, 7) is 0. The van der Waals surface area contributed by atoms with E-state index in [2.05, 4.69) is 4.36 Å². The lowest BCUT2D eigenvalue weighted by atomic mass is 9.87. The van der Waals surface area contributed by atoms with Gasteiger partial charge in [-0.3, -0.25) is 0 Å². The molecule has 2 rings (SSSR count). The molecule has 6 heteroatoms. The molecule has 2 atom stereocenters. The first-order chi connectivity index (χ1) is 9.44. The molecule has 0 saturated heterocycles. The number of nitrogens with two attached hydrogens (primary N) is 1. The van der Waals surface area contributed by atoms with Gasteiger partial charge in [0.1, 0.15) is 11.5 Å². The van der Waals surface area contributed by atoms with Crippen LogP contribution in [0.1, 0.15) is 17.5 Å². The molecule has 0 spiro atoms. The van der Waals surface area contributed by atoms with Gasteiger partial charge < -0.3 is 15.2 Å². The Kier molecular flexibility index (Phi) is 4.25. The third-order valence-corrected chi connectivity index (χ3v) is 5.65. The van der Waals surface area contributed by atoms with E-state index < -0.39 is 9.73 Å². The third-order valence-electron chi connectivity index (χ3n) is 3.83. The summed E-state index contributed by atoms with van der Waals surface area (Å²) in [6, 6.07) is 1.92. The zero-order valence-electron chi connectivity index (χ0n) is 12.4. The van der Waals surface area contributed by atoms with Crippen LogP contribution < -0.4 is 15.2 Å². The minimum Gasteiger partial charge on any atom is -0.496 e. The Morgan fingerprint density at radius 2 is 2.05 bits per heavy atom. The van der Waals surface area contributed by atoms with Crippen molar-refractivity contribution in [2.75, 3.05) is 27.5 Å². The van der Waals surface area contributed by atoms with Crippen LogP contribution >= 0.6 is 0 Å². The monoisotopic (exact) mass is 298 g/mol. The Hall–Kier alpha value is -1.27. The minimum absolute atomic E-state index is 0.133. The minimum atomic E-state index is -2.48. The number of hydrogen-bond acceptors (Lipinski definition) is 5. The van der Waals surface area contributed by atoms with Crippen molar-refractivity contribution in [1.82, 2.24) is 0 Å². The van der Waals surface area contributed by atoms with Gasteiger partial charge in [0.2, 0.25) is 0 Å². The highest BCUT2D eigenvalue weighted by Crippen LogP contribution is 2.41. The van der Waals surface area contributed by atoms with Crippen LogP contribution in [-0.4, -0.2) is 37.8 Å². The number of benzene rings is 1. The van der Waals surface area contributed by atoms with Crippen molar-refractivity contribution >= 4 is 9.73 Å². The number of fused-ring (bicyclic) bond motifs is 1. The summed E-state index contributed by atoms with van der Waals surface area (Å²) in [5.41, 5.74) is 8.17. The van der Waals surface area contributed by atoms with E-state index in [1.54, 1.807) is 33.6 Å². The second-order valence-corrected chi connectivity index (χ2v) is 7.47. The molecule has 2 N–H and O–H groups in total. The lowest BCUT2D eigenvalue weighted by Gasteiger charge is -2.27. The topological polar surface area (TPSA) is 73.9 Å². The first-order valence-corrected chi connectivity index (χ1v) is 8.49. The second kappa shape index (κ2) is 5.61. The Labute approximate surface area is 120 Å². The highest BCUT2D eigenvalue weighted by molar-refractivity contribution is 7.93. The predicted octanol–water partition coefficient (Wildman–Crippen LogP) is 1.61. The summed E-state index contributed by atoms with van der Waals surface area (Å²) in [6.07, 6.45) is 4.07. The lowest BCUT2D eigenvalue weighted by Crippen LogP contribution is -2.28. The molecule has 1 aliphatic carbocycles. The second-order valence-electron chi connectivity index (χ2n) is 5.06. The van der Waals surface area contributed by atoms with Gasteiger partial charge in [0, 0.05) is 36.5 Å². The van der Waals surface area contributed by atoms with Crippen LogP contribution in [0.4, 0.5) is 0 Å². The summed E-state index contributed by atoms with van der Waals surface area (Å²) in [7, 11) is 2.30. The number of methoxy groups -OCH3 is 2. The largest absolute Gasteiger partial charge is 0.496 e. The summed E-state index contributed by atoms with van der Waals surface area (Å²) >= 11 is 0. The van der Waals surface area contributed by atoms with Gasteiger partial charge in [0.25, 0.3) is 0 Å². The van der Waals surface area contributed by atoms with Gasteiger partial charge in [-0.15, -0.1) is 0 Å². The zero-order valence-corrected chi connectivity index (χ0v) is 13.3. The molecule has 0 bridgehead atoms. The van der Waals surface area contributed by atoms with Crippen molar-refractivity contribution in [1.29, 1.82) is 0 Å². The van der Waals surface area contributed by atoms with Crippen LogP contribution in [0.5, 0.6) is 11.5 Å². The average Bonchev–Trinajstić information content (AvgIpc) is 2.45. The van der Waals surface area contributed by atoms with Crippen molar-refractivity contribution in [2.45, 2.75) is 30.2 Å². The van der Waals surface area contributed by atoms with Crippen molar-refractivity contribution in [3.8, 4) is 11.5 Å². The van der Waals surface area contributed by atoms with E-state index in [0.29, 0.717) is 10.6 Å². The highest BCUT2D eigenvalue weighted by Gasteiger charge is 2.27. The molecular weight excluding hydrogens is 276 g/mol. The molecular formula is C14H22N2O3S. The van der Waals surface area contributed by atoms with E-state index in [0.717, 1.165) is 36.1 Å². The van der Waals surface area contributed by atoms with E-state index >= 15 is 0 Å². The molecule has 2 unspecified atom stereocenters. The maximum Gasteiger partial charge on any atom is 0.139 e. The van der Waals surface area contributed by atoms with Crippen LogP contribution in [0, 0.1) is 0 Å². The molecule has 0 aromatic heterocycles. The zero-order chi connectivity index (χ0) is 14.9. The van der Waals surface area contributed by atoms with Gasteiger partial charge in [-0.2, -0.15) is 0 Å². The Balaban J connectivity index is 2.77. The number of rotatable bonds is 3. The summed E-state index contributed by atoms with van der Waals surface area (Å²) in [4.78, 5) is 0.605. The molecule has 1 aliphatic rings. The fourth-order valence-electron chi connectivity index (χ4n) is 2.67. The van der Waals surface area contributed by atoms with Gasteiger partial charge in [0.05, 0.1) is 28.8 Å². The van der Waals surface area contributed by atoms with Gasteiger partial charge in [-0.05, 0) is 19.3 Å². The molecule has 20 heavy (non-hydrogen) atoms. The number of ether oxygens (including phenoxy) is 2. The van der Waals surface area contributed by atoms with E-state index in [4.69, 9.17) is 15.2 Å². The molecule has 1 aromatic carbocycles. The maximum absolute atomic E-state index is 12.6. The third kappa shape index (κ3) is 2.50. The molecule has 1 aromatic rings. The normalized spacial score (nSPS) is 20.8. The smallest absolute Gasteiger partial charge is 0.139 e. The Morgan fingerprint density at radius 1 is 1.35 bits per heavy atom. The molecule has 0 amide bonds. The number of hydrogen-bond donors (Lipinski definition) is 1. The highest BCUT2D eigenvalue weighted by atomic mass is 32.2. The van der Waals surface area contributed by atoms with Crippen molar-refractivity contribution in [2.24, 2.45) is 10.1 Å². The van der Waals surface area contributed by atoms with Gasteiger partial charge in [-0.1, -0.05) is 0 Å². The standard InChI is InChI=1S/C14H22N2O3S/c1-16-20(4,17)13-8-12(18-2)11-7-9(15)5-6-10(11)14(13)19-3/h8-9H,5-7,15H2,1-4H3. The first kappa shape index (κ1) is 15.1. The van der Waals surface area contributed by atoms with E-state index in [1.165, 1.54) is 0 Å². The van der Waals surface area contributed by atoms with Crippen molar-refractivity contribution in [3.63, 3.8) is 0 Å². The van der Waals surface area contributed by atoms with Crippen molar-refractivity contribution in [3.05, 3.63) is 17.2 Å². The van der Waals surface area contributed by atoms with Crippen LogP contribution in [0.3, 0.4) is 0 Å². The maximum atomic E-state index is 12.6. The summed E-state index contributed by atoms with van der Waals surface area (Å²) in [5.74, 6) is 1.40. The molecule has 0 heterocycles. The van der Waals surface area contributed by atoms with E-state index in [1.807, 2.05) is 0 Å². The lowest BCUT2D eigenvalue weighted by molar-refractivity contribution is 0.376. The fourth-order valence-corrected chi connectivity index (χ4v) is 3.75. The first-order valence-electron chi connectivity index (χ1n) is 6.57. The quantitative estimate of drug-likeness (QED) is 0.920. The summed E-state index contributed by atoms with van der Waals surface area (Å²) < 4.78 is 27.6. The SMILES string of the molecule is CN=S(C)(=O)c1cc(OC)c2c(c1OC)CCC(N)C2. The fraction of sp³-hybridized carbons (Fsp3) is 0.571. The molecule has 112 valence electrons. The molecule has 5 nitrogen and oxygen atoms in total. The Morgan fingerprint density at radius 3 is 2.60 bits per heavy atom. The van der Waals surface area contributed by atoms with Crippen LogP contribution in [0.2, 0.25) is 0 Å². The van der Waals surface area contributed by atoms with Crippen LogP contribution in [0.15, 0.2) is 15.3 Å². The molecule has 0 radical (unpaired) electrons. The molecule has 0 saturated carbocycles. The predicted molar refractivity (Wildman–Crippen MR) is 80.2 cm³/mol. The van der Waals surface area contributed by atoms with Crippen molar-refractivity contribution < 1.29 is 13.7 Å². The van der Waals surface area contributed by atoms with Gasteiger partial charge in [0.15, 0.2) is 0 Å². The van der Waals surface area contributed by atoms with E-state index in [9.17, 15) is 4.21 Å². The van der Waals surface area contributed by atoms with Crippen LogP contribution in [-0.2, 0) is 22.6 Å². The number of nitrogens with zero attached hydrogens (tertiary/aromatic N) is 1. The Bertz CT molecular complexity index is 634. The van der Waals surface area contributed by atoms with Crippen LogP contribution in [0.25, 0.3) is 0 Å².